The lowest BCUT2D eigenvalue weighted by atomic mass is 9.46. The zero-order valence-corrected chi connectivity index (χ0v) is 66.9. The molecule has 1 unspecified atom stereocenters. The second-order valence-electron chi connectivity index (χ2n) is 30.5. The first-order chi connectivity index (χ1) is 55.0. The van der Waals surface area contributed by atoms with E-state index in [1.165, 1.54) is 0 Å². The zero-order chi connectivity index (χ0) is 81.6. The van der Waals surface area contributed by atoms with Crippen molar-refractivity contribution in [3.8, 4) is 0 Å². The zero-order valence-electron chi connectivity index (χ0n) is 66.9. The molecule has 3 saturated carbocycles. The summed E-state index contributed by atoms with van der Waals surface area (Å²) in [5, 5.41) is 29.6. The number of nitrogens with two attached hydrogens (primary N) is 2. The molecule has 30 heteroatoms. The van der Waals surface area contributed by atoms with E-state index in [1.807, 2.05) is 75.5 Å². The molecule has 30 nitrogen and oxygen atoms in total. The van der Waals surface area contributed by atoms with Gasteiger partial charge in [0, 0.05) is 91.3 Å². The topological polar surface area (TPSA) is 403 Å². The summed E-state index contributed by atoms with van der Waals surface area (Å²) >= 11 is 0. The maximum atomic E-state index is 14.7. The summed E-state index contributed by atoms with van der Waals surface area (Å²) < 4.78 is 63.6. The molecule has 3 aromatic carbocycles. The van der Waals surface area contributed by atoms with Crippen LogP contribution in [0.2, 0.25) is 0 Å². The third kappa shape index (κ3) is 24.1. The normalized spacial score (nSPS) is 23.7. The SMILES string of the molecule is CCCC1O[C@@H]2C[C@H]3[C@@H]4CCC5=CC(=O)C=C[C@]5(C)[C@H]4[C@@H](O)C[C@]3(C)[C@]2(C(=O)COC(=O)OCc2ccc(NC(=O)[C@H](CCCNC(N)=O)CC(=O)[C@@H](NC(=O)CCOCCOCCOCCOCCNC(=O)CCC(=O)N3Cc4ccccc4/C(N)=C(/NCCOCCOCCOCCNC)c4ccccc43)C(C)C)cc2)O1. The van der Waals surface area contributed by atoms with Gasteiger partial charge in [0.05, 0.1) is 134 Å². The van der Waals surface area contributed by atoms with Crippen LogP contribution in [-0.4, -0.2) is 221 Å². The van der Waals surface area contributed by atoms with Crippen molar-refractivity contribution in [3.63, 3.8) is 0 Å². The highest BCUT2D eigenvalue weighted by molar-refractivity contribution is 6.03. The average molecular weight is 1590 g/mol. The van der Waals surface area contributed by atoms with Gasteiger partial charge in [-0.15, -0.1) is 0 Å². The van der Waals surface area contributed by atoms with E-state index in [2.05, 4.69) is 38.8 Å². The lowest BCUT2D eigenvalue weighted by Crippen LogP contribution is -2.63. The Morgan fingerprint density at radius 1 is 0.728 bits per heavy atom. The number of allylic oxidation sites excluding steroid dienone is 4. The molecule has 626 valence electrons. The van der Waals surface area contributed by atoms with Crippen molar-refractivity contribution < 1.29 is 100 Å². The Kier molecular flexibility index (Phi) is 34.9. The molecule has 2 heterocycles. The smallest absolute Gasteiger partial charge is 0.429 e. The van der Waals surface area contributed by atoms with Crippen LogP contribution >= 0.6 is 0 Å². The summed E-state index contributed by atoms with van der Waals surface area (Å²) in [4.78, 5) is 122. The van der Waals surface area contributed by atoms with Gasteiger partial charge in [0.1, 0.15) is 6.61 Å². The van der Waals surface area contributed by atoms with Crippen molar-refractivity contribution in [3.05, 3.63) is 119 Å². The monoisotopic (exact) mass is 1590 g/mol. The van der Waals surface area contributed by atoms with Crippen LogP contribution in [0, 0.1) is 40.4 Å². The minimum Gasteiger partial charge on any atom is -0.429 e. The second-order valence-corrected chi connectivity index (χ2v) is 30.5. The van der Waals surface area contributed by atoms with Gasteiger partial charge in [0.15, 0.2) is 30.1 Å². The molecule has 4 fully saturated rings. The number of amides is 6. The van der Waals surface area contributed by atoms with Crippen LogP contribution in [0.5, 0.6) is 0 Å². The Labute approximate surface area is 668 Å². The summed E-state index contributed by atoms with van der Waals surface area (Å²) in [5.41, 5.74) is 15.5. The Bertz CT molecular complexity index is 3820. The maximum absolute atomic E-state index is 14.7. The number of urea groups is 1. The first-order valence-corrected chi connectivity index (χ1v) is 40.2. The van der Waals surface area contributed by atoms with Gasteiger partial charge in [-0.25, -0.2) is 9.59 Å². The van der Waals surface area contributed by atoms with Crippen molar-refractivity contribution in [1.82, 2.24) is 26.6 Å². The number of carbonyl (C=O) groups excluding carboxylic acids is 9. The molecular weight excluding hydrogens is 1470 g/mol. The van der Waals surface area contributed by atoms with Gasteiger partial charge < -0.3 is 105 Å². The van der Waals surface area contributed by atoms with Gasteiger partial charge in [-0.05, 0) is 111 Å². The number of likely N-dealkylation sites (N-methyl/N-ethyl adjacent to an activating group) is 1. The second kappa shape index (κ2) is 44.5. The Hall–Kier alpha value is -8.53. The minimum absolute atomic E-state index is 0.0108. The lowest BCUT2D eigenvalue weighted by molar-refractivity contribution is -0.200. The fraction of sp³-hybridized carbons (Fsp3) is 0.607. The largest absolute Gasteiger partial charge is 0.509 e. The minimum atomic E-state index is -1.49. The van der Waals surface area contributed by atoms with Gasteiger partial charge in [-0.2, -0.15) is 0 Å². The lowest BCUT2D eigenvalue weighted by Gasteiger charge is -2.59. The molecule has 11 atom stereocenters. The van der Waals surface area contributed by atoms with E-state index in [0.29, 0.717) is 100 Å². The molecule has 0 spiro atoms. The molecule has 4 aliphatic carbocycles. The fourth-order valence-corrected chi connectivity index (χ4v) is 16.9. The molecule has 114 heavy (non-hydrogen) atoms. The number of hydrogen-bond acceptors (Lipinski definition) is 24. The van der Waals surface area contributed by atoms with Gasteiger partial charge in [0.25, 0.3) is 0 Å². The summed E-state index contributed by atoms with van der Waals surface area (Å²) in [6.45, 7) is 15.4. The number of aliphatic hydroxyl groups is 1. The molecule has 9 rings (SSSR count). The number of rotatable bonds is 49. The molecule has 11 N–H and O–H groups in total. The number of Topliss-reactive ketones (excluding diaryl/α,β-unsaturated/α-hetero) is 2. The number of nitrogens with zero attached hydrogens (tertiary/aromatic N) is 1. The van der Waals surface area contributed by atoms with E-state index in [9.17, 15) is 48.3 Å². The van der Waals surface area contributed by atoms with Crippen LogP contribution < -0.4 is 48.3 Å². The van der Waals surface area contributed by atoms with Crippen molar-refractivity contribution in [1.29, 1.82) is 0 Å². The third-order valence-corrected chi connectivity index (χ3v) is 22.5. The van der Waals surface area contributed by atoms with Crippen LogP contribution in [0.15, 0.2) is 96.6 Å². The Morgan fingerprint density at radius 3 is 2.04 bits per heavy atom. The molecule has 1 saturated heterocycles. The molecule has 6 amide bonds. The number of anilines is 2. The number of primary amides is 1. The van der Waals surface area contributed by atoms with Gasteiger partial charge in [-0.3, -0.25) is 33.6 Å². The first-order valence-electron chi connectivity index (χ1n) is 40.2. The quantitative estimate of drug-likeness (QED) is 0.0209. The molecule has 6 aliphatic rings. The molecular formula is C84H119N9O21. The van der Waals surface area contributed by atoms with E-state index in [0.717, 1.165) is 41.6 Å². The number of aliphatic hydroxyl groups excluding tert-OH is 1. The van der Waals surface area contributed by atoms with Crippen LogP contribution in [0.4, 0.5) is 21.0 Å². The predicted molar refractivity (Wildman–Crippen MR) is 423 cm³/mol. The van der Waals surface area contributed by atoms with E-state index in [4.69, 9.17) is 63.6 Å². The maximum Gasteiger partial charge on any atom is 0.509 e. The Morgan fingerprint density at radius 2 is 1.37 bits per heavy atom. The Balaban J connectivity index is 0.622. The molecule has 3 aromatic rings. The summed E-state index contributed by atoms with van der Waals surface area (Å²) in [6.07, 6.45) is 5.76. The number of benzene rings is 3. The highest BCUT2D eigenvalue weighted by atomic mass is 16.8. The summed E-state index contributed by atoms with van der Waals surface area (Å²) in [6, 6.07) is 20.1. The molecule has 0 aromatic heterocycles. The van der Waals surface area contributed by atoms with E-state index in [1.54, 1.807) is 55.2 Å². The third-order valence-electron chi connectivity index (χ3n) is 22.5. The number of nitrogens with one attached hydrogen (secondary N) is 6. The van der Waals surface area contributed by atoms with Gasteiger partial charge in [0.2, 0.25) is 29.4 Å². The predicted octanol–water partition coefficient (Wildman–Crippen LogP) is 6.72. The molecule has 2 aliphatic heterocycles. The highest BCUT2D eigenvalue weighted by Gasteiger charge is 2.76. The van der Waals surface area contributed by atoms with Crippen molar-refractivity contribution in [2.75, 3.05) is 143 Å². The summed E-state index contributed by atoms with van der Waals surface area (Å²) in [7, 11) is 1.87. The molecule has 0 radical (unpaired) electrons. The summed E-state index contributed by atoms with van der Waals surface area (Å²) in [5.74, 6) is -3.71. The number of hydrogen-bond donors (Lipinski definition) is 9. The number of ether oxygens (including phenoxy) is 11. The number of carbonyl (C=O) groups is 9. The van der Waals surface area contributed by atoms with Gasteiger partial charge >= 0.3 is 12.2 Å². The van der Waals surface area contributed by atoms with Gasteiger partial charge in [-0.1, -0.05) is 107 Å². The van der Waals surface area contributed by atoms with Crippen molar-refractivity contribution >= 4 is 75.9 Å². The van der Waals surface area contributed by atoms with E-state index in [-0.39, 0.29) is 165 Å². The van der Waals surface area contributed by atoms with Crippen molar-refractivity contribution in [2.24, 2.45) is 51.9 Å². The number of para-hydroxylation sites is 1. The van der Waals surface area contributed by atoms with E-state index >= 15 is 0 Å². The van der Waals surface area contributed by atoms with Crippen LogP contribution in [-0.2, 0) is 98.8 Å². The standard InChI is InChI=1S/C84H119N9O21/c1-7-13-74-113-70-50-65-63-24-21-59-49-61(94)27-29-82(59,4)75(63)68(96)51-83(65,5)84(70,114-74)69(97)54-112-81(103)111-53-56-19-22-60(23-20-56)91-79(101)57(15-12-30-90-80(86)102)48-67(95)77(55(2)3)92-72(99)28-34-104-38-42-108-46-47-110-44-40-106-36-32-88-71(98)25-26-73(100)93-52-58-14-8-9-16-62(58)76(85)78(64-17-10-11-18-66(64)93)89-33-37-107-41-45-109-43-39-105-35-31-87-6/h8-11,14,16-20,22-23,27,29,49,55,57,63,65,68,70,74-75,77,87,89,96H,7,12-13,15,21,24-26,28,30-48,50-54,85H2,1-6H3,(H,88,98)(H,91,101)(H,92,99)(H3,86,90,102)/b78-76-/t57-,63+,65+,68+,70-,74?,75-,77+,82+,83+,84-/m1/s1. The van der Waals surface area contributed by atoms with Crippen LogP contribution in [0.1, 0.15) is 134 Å². The van der Waals surface area contributed by atoms with E-state index < -0.39 is 83.3 Å². The molecule has 0 bridgehead atoms. The van der Waals surface area contributed by atoms with Crippen LogP contribution in [0.25, 0.3) is 11.4 Å². The van der Waals surface area contributed by atoms with Crippen molar-refractivity contribution in [2.45, 2.75) is 155 Å². The average Bonchev–Trinajstić information content (AvgIpc) is 1.50. The first kappa shape index (κ1) is 89.4. The van der Waals surface area contributed by atoms with Crippen LogP contribution in [0.3, 0.4) is 0 Å². The highest BCUT2D eigenvalue weighted by Crippen LogP contribution is 2.70. The number of ketones is 3. The fourth-order valence-electron chi connectivity index (χ4n) is 16.9. The number of fused-ring (bicyclic) bond motifs is 9.